The highest BCUT2D eigenvalue weighted by Crippen LogP contribution is 2.34. The Bertz CT molecular complexity index is 1300. The lowest BCUT2D eigenvalue weighted by Crippen LogP contribution is -2.55. The van der Waals surface area contributed by atoms with Gasteiger partial charge in [-0.3, -0.25) is 4.79 Å². The summed E-state index contributed by atoms with van der Waals surface area (Å²) in [6, 6.07) is 1.72. The van der Waals surface area contributed by atoms with Crippen LogP contribution in [0.1, 0.15) is 34.5 Å². The van der Waals surface area contributed by atoms with Crippen molar-refractivity contribution in [2.24, 2.45) is 5.73 Å². The molecule has 1 saturated carbocycles. The average Bonchev–Trinajstić information content (AvgIpc) is 3.43. The number of carbonyl (C=O) groups excluding carboxylic acids is 1. The fourth-order valence-corrected chi connectivity index (χ4v) is 4.74. The number of amides is 1. The molecule has 36 heavy (non-hydrogen) atoms. The number of nitriles is 1. The van der Waals surface area contributed by atoms with Crippen molar-refractivity contribution in [3.05, 3.63) is 33.5 Å². The lowest BCUT2D eigenvalue weighted by molar-refractivity contribution is -0.192. The van der Waals surface area contributed by atoms with Crippen LogP contribution in [0.25, 0.3) is 10.3 Å². The van der Waals surface area contributed by atoms with Gasteiger partial charge in [-0.05, 0) is 24.3 Å². The van der Waals surface area contributed by atoms with Gasteiger partial charge in [-0.25, -0.2) is 23.5 Å². The number of carboxylic acid groups (broad SMARTS) is 1. The van der Waals surface area contributed by atoms with Gasteiger partial charge in [-0.2, -0.15) is 18.4 Å². The van der Waals surface area contributed by atoms with E-state index in [4.69, 9.17) is 20.9 Å². The van der Waals surface area contributed by atoms with E-state index in [-0.39, 0.29) is 12.2 Å². The maximum absolute atomic E-state index is 13.9. The van der Waals surface area contributed by atoms with Crippen LogP contribution in [0.15, 0.2) is 23.0 Å². The van der Waals surface area contributed by atoms with Gasteiger partial charge in [0.15, 0.2) is 0 Å². The van der Waals surface area contributed by atoms with Crippen LogP contribution < -0.4 is 16.4 Å². The van der Waals surface area contributed by atoms with E-state index in [2.05, 4.69) is 20.6 Å². The van der Waals surface area contributed by atoms with E-state index in [0.717, 1.165) is 0 Å². The summed E-state index contributed by atoms with van der Waals surface area (Å²) in [6.45, 7) is 0. The third-order valence-corrected chi connectivity index (χ3v) is 6.76. The van der Waals surface area contributed by atoms with E-state index in [1.165, 1.54) is 28.9 Å². The third-order valence-electron chi connectivity index (χ3n) is 5.06. The first-order valence-electron chi connectivity index (χ1n) is 10.1. The van der Waals surface area contributed by atoms with E-state index in [9.17, 15) is 26.7 Å². The number of aromatic nitrogens is 2. The van der Waals surface area contributed by atoms with Crippen LogP contribution >= 0.6 is 22.7 Å². The average molecular weight is 549 g/mol. The molecule has 0 unspecified atom stereocenters. The van der Waals surface area contributed by atoms with E-state index < -0.39 is 36.1 Å². The van der Waals surface area contributed by atoms with Crippen LogP contribution in [-0.4, -0.2) is 51.1 Å². The Morgan fingerprint density at radius 1 is 1.31 bits per heavy atom. The summed E-state index contributed by atoms with van der Waals surface area (Å²) in [5, 5.41) is 25.2. The molecule has 0 aliphatic heterocycles. The quantitative estimate of drug-likeness (QED) is 0.349. The van der Waals surface area contributed by atoms with Gasteiger partial charge >= 0.3 is 12.1 Å². The maximum Gasteiger partial charge on any atom is 0.490 e. The molecule has 0 spiro atoms. The summed E-state index contributed by atoms with van der Waals surface area (Å²) in [5.74, 6) is -5.82. The molecule has 0 saturated heterocycles. The second kappa shape index (κ2) is 10.7. The molecule has 1 aliphatic carbocycles. The van der Waals surface area contributed by atoms with Crippen molar-refractivity contribution < 1.29 is 36.6 Å². The molecule has 0 aromatic carbocycles. The van der Waals surface area contributed by atoms with E-state index in [0.29, 0.717) is 39.3 Å². The largest absolute Gasteiger partial charge is 0.490 e. The number of alkyl halides is 5. The van der Waals surface area contributed by atoms with Crippen LogP contribution in [0, 0.1) is 11.3 Å². The monoisotopic (exact) mass is 548 g/mol. The number of hydrogen-bond donors (Lipinski definition) is 4. The zero-order valence-electron chi connectivity index (χ0n) is 18.0. The first-order chi connectivity index (χ1) is 16.8. The first kappa shape index (κ1) is 27.2. The SMILES string of the molecule is N#Cc1sccc1NC(=O)c1csc2ncc(N[C@@H]3CCCC(F)(F)[C@@H]3N)nc12.O=C(O)C(F)(F)F. The van der Waals surface area contributed by atoms with Crippen molar-refractivity contribution in [2.75, 3.05) is 10.6 Å². The summed E-state index contributed by atoms with van der Waals surface area (Å²) < 4.78 is 59.5. The second-order valence-electron chi connectivity index (χ2n) is 7.52. The highest BCUT2D eigenvalue weighted by Gasteiger charge is 2.44. The maximum atomic E-state index is 13.9. The molecule has 0 bridgehead atoms. The van der Waals surface area contributed by atoms with Gasteiger partial charge in [0.2, 0.25) is 0 Å². The fraction of sp³-hybridized carbons (Fsp3) is 0.350. The lowest BCUT2D eigenvalue weighted by Gasteiger charge is -2.36. The summed E-state index contributed by atoms with van der Waals surface area (Å²) in [5.41, 5.74) is 6.82. The van der Waals surface area contributed by atoms with Crippen LogP contribution in [0.5, 0.6) is 0 Å². The van der Waals surface area contributed by atoms with Crippen molar-refractivity contribution >= 4 is 56.4 Å². The van der Waals surface area contributed by atoms with Crippen LogP contribution in [0.2, 0.25) is 0 Å². The molecule has 3 aromatic heterocycles. The number of halogens is 5. The summed E-state index contributed by atoms with van der Waals surface area (Å²) >= 11 is 2.48. The lowest BCUT2D eigenvalue weighted by atomic mass is 9.87. The normalized spacial score (nSPS) is 19.0. The van der Waals surface area contributed by atoms with Crippen LogP contribution in [0.4, 0.5) is 33.5 Å². The number of nitrogens with one attached hydrogen (secondary N) is 2. The Hall–Kier alpha value is -3.42. The Kier molecular flexibility index (Phi) is 8.06. The van der Waals surface area contributed by atoms with Crippen molar-refractivity contribution in [2.45, 2.75) is 43.4 Å². The molecule has 5 N–H and O–H groups in total. The van der Waals surface area contributed by atoms with Gasteiger partial charge in [-0.1, -0.05) is 0 Å². The molecule has 1 aliphatic rings. The molecule has 1 amide bonds. The van der Waals surface area contributed by atoms with Gasteiger partial charge in [0.25, 0.3) is 11.8 Å². The predicted molar refractivity (Wildman–Crippen MR) is 122 cm³/mol. The van der Waals surface area contributed by atoms with Crippen LogP contribution in [0.3, 0.4) is 0 Å². The molecule has 0 radical (unpaired) electrons. The number of nitrogens with two attached hydrogens (primary N) is 1. The molecule has 3 aromatic rings. The van der Waals surface area contributed by atoms with E-state index in [1.54, 1.807) is 16.8 Å². The molecule has 9 nitrogen and oxygen atoms in total. The number of fused-ring (bicyclic) bond motifs is 1. The first-order valence-corrected chi connectivity index (χ1v) is 11.8. The molecule has 4 rings (SSSR count). The number of thiophene rings is 2. The highest BCUT2D eigenvalue weighted by atomic mass is 32.1. The Labute approximate surface area is 207 Å². The summed E-state index contributed by atoms with van der Waals surface area (Å²) in [6.07, 6.45) is -2.99. The number of rotatable bonds is 4. The molecule has 192 valence electrons. The summed E-state index contributed by atoms with van der Waals surface area (Å²) in [4.78, 5) is 31.2. The number of anilines is 2. The minimum absolute atomic E-state index is 0.223. The third kappa shape index (κ3) is 6.22. The van der Waals surface area contributed by atoms with Gasteiger partial charge in [0.05, 0.1) is 23.5 Å². The molecular formula is C20H17F5N6O3S2. The fourth-order valence-electron chi connectivity index (χ4n) is 3.27. The van der Waals surface area contributed by atoms with Gasteiger partial charge < -0.3 is 21.5 Å². The summed E-state index contributed by atoms with van der Waals surface area (Å²) in [7, 11) is 0. The zero-order valence-corrected chi connectivity index (χ0v) is 19.6. The smallest absolute Gasteiger partial charge is 0.475 e. The number of carbonyl (C=O) groups is 2. The van der Waals surface area contributed by atoms with Crippen LogP contribution in [-0.2, 0) is 4.79 Å². The molecule has 2 atom stereocenters. The number of hydrogen-bond acceptors (Lipinski definition) is 9. The predicted octanol–water partition coefficient (Wildman–Crippen LogP) is 4.44. The number of carboxylic acids is 1. The highest BCUT2D eigenvalue weighted by molar-refractivity contribution is 7.17. The van der Waals surface area contributed by atoms with E-state index in [1.807, 2.05) is 6.07 Å². The Balaban J connectivity index is 0.000000454. The van der Waals surface area contributed by atoms with Gasteiger partial charge in [0.1, 0.15) is 27.1 Å². The van der Waals surface area contributed by atoms with Gasteiger partial charge in [0, 0.05) is 17.8 Å². The molecule has 1 fully saturated rings. The van der Waals surface area contributed by atoms with Crippen molar-refractivity contribution in [3.63, 3.8) is 0 Å². The van der Waals surface area contributed by atoms with Crippen molar-refractivity contribution in [3.8, 4) is 6.07 Å². The second-order valence-corrected chi connectivity index (χ2v) is 9.29. The zero-order chi connectivity index (χ0) is 26.7. The minimum atomic E-state index is -5.08. The molecular weight excluding hydrogens is 531 g/mol. The minimum Gasteiger partial charge on any atom is -0.475 e. The Morgan fingerprint density at radius 3 is 2.64 bits per heavy atom. The number of aliphatic carboxylic acids is 1. The number of nitrogens with zero attached hydrogens (tertiary/aromatic N) is 3. The Morgan fingerprint density at radius 2 is 2.00 bits per heavy atom. The van der Waals surface area contributed by atoms with E-state index >= 15 is 0 Å². The molecule has 3 heterocycles. The molecule has 16 heteroatoms. The van der Waals surface area contributed by atoms with Crippen molar-refractivity contribution in [1.82, 2.24) is 9.97 Å². The standard InChI is InChI=1S/C18H16F2N6OS2.C2HF3O2/c19-18(20)4-1-2-11(15(18)22)24-13-7-23-17-14(26-13)9(8-29-17)16(27)25-10-3-5-28-12(10)6-21;3-2(4,5)1(6)7/h3,5,7-8,11,15H,1-2,4,22H2,(H,24,26)(H,25,27);(H,6,7)/t11-,15-;/m1./s1. The van der Waals surface area contributed by atoms with Crippen molar-refractivity contribution in [1.29, 1.82) is 5.26 Å². The topological polar surface area (TPSA) is 154 Å². The van der Waals surface area contributed by atoms with Gasteiger partial charge in [-0.15, -0.1) is 22.7 Å².